The van der Waals surface area contributed by atoms with Crippen molar-refractivity contribution in [2.24, 2.45) is 0 Å². The first-order valence-electron chi connectivity index (χ1n) is 6.99. The van der Waals surface area contributed by atoms with Gasteiger partial charge in [-0.1, -0.05) is 0 Å². The number of carbonyl (C=O) groups is 3. The van der Waals surface area contributed by atoms with Crippen molar-refractivity contribution in [2.75, 3.05) is 32.1 Å². The molecule has 1 rings (SSSR count). The van der Waals surface area contributed by atoms with E-state index in [0.29, 0.717) is 10.6 Å². The van der Waals surface area contributed by atoms with E-state index in [1.54, 1.807) is 19.3 Å². The molecule has 0 unspecified atom stereocenters. The number of hydrogen-bond donors (Lipinski definition) is 3. The molecule has 22 heavy (non-hydrogen) atoms. The first-order chi connectivity index (χ1) is 10.4. The van der Waals surface area contributed by atoms with E-state index in [1.165, 1.54) is 11.3 Å². The number of thiophene rings is 1. The molecule has 0 saturated heterocycles. The molecule has 0 aliphatic carbocycles. The molecule has 1 aromatic rings. The number of likely N-dealkylation sites (N-methyl/N-ethyl adjacent to an activating group) is 1. The van der Waals surface area contributed by atoms with Crippen LogP contribution in [-0.4, -0.2) is 44.5 Å². The smallest absolute Gasteiger partial charge is 0.341 e. The van der Waals surface area contributed by atoms with Crippen molar-refractivity contribution in [3.8, 4) is 0 Å². The van der Waals surface area contributed by atoms with Crippen LogP contribution in [0.15, 0.2) is 0 Å². The predicted molar refractivity (Wildman–Crippen MR) is 84.1 cm³/mol. The number of rotatable bonds is 7. The highest BCUT2D eigenvalue weighted by atomic mass is 32.1. The molecule has 122 valence electrons. The number of esters is 1. The molecular weight excluding hydrogens is 306 g/mol. The van der Waals surface area contributed by atoms with Gasteiger partial charge in [0.2, 0.25) is 0 Å². The molecule has 0 atom stereocenters. The molecule has 4 N–H and O–H groups in total. The molecule has 0 aliphatic rings. The molecular formula is C14H22N3O4S+. The Kier molecular flexibility index (Phi) is 7.00. The van der Waals surface area contributed by atoms with Gasteiger partial charge >= 0.3 is 5.97 Å². The summed E-state index contributed by atoms with van der Waals surface area (Å²) in [6, 6.07) is 0. The largest absolute Gasteiger partial charge is 0.462 e. The van der Waals surface area contributed by atoms with Crippen molar-refractivity contribution < 1.29 is 24.4 Å². The fourth-order valence-electron chi connectivity index (χ4n) is 1.78. The van der Waals surface area contributed by atoms with Crippen LogP contribution in [-0.2, 0) is 14.3 Å². The van der Waals surface area contributed by atoms with Gasteiger partial charge in [0.1, 0.15) is 5.00 Å². The summed E-state index contributed by atoms with van der Waals surface area (Å²) in [7, 11) is 1.54. The number of hydrogen-bond acceptors (Lipinski definition) is 5. The molecule has 1 heterocycles. The lowest BCUT2D eigenvalue weighted by Crippen LogP contribution is -2.88. The Hall–Kier alpha value is -1.93. The van der Waals surface area contributed by atoms with Gasteiger partial charge < -0.3 is 20.7 Å². The highest BCUT2D eigenvalue weighted by molar-refractivity contribution is 7.16. The van der Waals surface area contributed by atoms with Crippen molar-refractivity contribution >= 4 is 34.1 Å². The average molecular weight is 328 g/mol. The number of amides is 2. The Morgan fingerprint density at radius 1 is 1.18 bits per heavy atom. The third kappa shape index (κ3) is 4.81. The molecule has 0 aromatic carbocycles. The standard InChI is InChI=1S/C14H21N3O4S/c1-5-21-14(20)12-8(2)9(3)22-13(12)17-11(19)7-16-6-10(18)15-4/h16H,5-7H2,1-4H3,(H,15,18)(H,17,19)/p+1. The number of nitrogens with two attached hydrogens (primary N) is 1. The zero-order chi connectivity index (χ0) is 16.7. The minimum Gasteiger partial charge on any atom is -0.462 e. The van der Waals surface area contributed by atoms with E-state index in [-0.39, 0.29) is 31.5 Å². The van der Waals surface area contributed by atoms with E-state index < -0.39 is 5.97 Å². The zero-order valence-electron chi connectivity index (χ0n) is 13.2. The van der Waals surface area contributed by atoms with Gasteiger partial charge in [0.05, 0.1) is 12.2 Å². The maximum Gasteiger partial charge on any atom is 0.341 e. The minimum absolute atomic E-state index is 0.103. The molecule has 0 aliphatic heterocycles. The lowest BCUT2D eigenvalue weighted by atomic mass is 10.1. The molecule has 0 saturated carbocycles. The number of anilines is 1. The number of quaternary nitrogens is 1. The monoisotopic (exact) mass is 328 g/mol. The highest BCUT2D eigenvalue weighted by Crippen LogP contribution is 2.32. The Morgan fingerprint density at radius 3 is 2.41 bits per heavy atom. The predicted octanol–water partition coefficient (Wildman–Crippen LogP) is -0.210. The van der Waals surface area contributed by atoms with Crippen LogP contribution < -0.4 is 16.0 Å². The number of ether oxygens (including phenoxy) is 1. The Morgan fingerprint density at radius 2 is 1.82 bits per heavy atom. The topological polar surface area (TPSA) is 101 Å². The lowest BCUT2D eigenvalue weighted by Gasteiger charge is -2.06. The van der Waals surface area contributed by atoms with Gasteiger partial charge in [-0.05, 0) is 26.3 Å². The molecule has 7 nitrogen and oxygen atoms in total. The van der Waals surface area contributed by atoms with Gasteiger partial charge in [-0.15, -0.1) is 11.3 Å². The summed E-state index contributed by atoms with van der Waals surface area (Å²) in [6.07, 6.45) is 0. The fourth-order valence-corrected chi connectivity index (χ4v) is 2.84. The van der Waals surface area contributed by atoms with Crippen molar-refractivity contribution in [2.45, 2.75) is 20.8 Å². The summed E-state index contributed by atoms with van der Waals surface area (Å²) >= 11 is 1.34. The third-order valence-corrected chi connectivity index (χ3v) is 4.18. The van der Waals surface area contributed by atoms with Gasteiger partial charge in [0.15, 0.2) is 13.1 Å². The molecule has 0 radical (unpaired) electrons. The second kappa shape index (κ2) is 8.50. The number of carbonyl (C=O) groups excluding carboxylic acids is 3. The summed E-state index contributed by atoms with van der Waals surface area (Å²) in [6.45, 7) is 6.00. The number of nitrogens with one attached hydrogen (secondary N) is 2. The first kappa shape index (κ1) is 18.1. The van der Waals surface area contributed by atoms with E-state index in [0.717, 1.165) is 10.4 Å². The first-order valence-corrected chi connectivity index (χ1v) is 7.81. The van der Waals surface area contributed by atoms with Gasteiger partial charge in [-0.3, -0.25) is 9.59 Å². The summed E-state index contributed by atoms with van der Waals surface area (Å²) < 4.78 is 5.03. The number of aryl methyl sites for hydroxylation is 1. The van der Waals surface area contributed by atoms with Crippen molar-refractivity contribution in [3.63, 3.8) is 0 Å². The van der Waals surface area contributed by atoms with Crippen LogP contribution >= 0.6 is 11.3 Å². The molecule has 0 fully saturated rings. The van der Waals surface area contributed by atoms with Crippen LogP contribution in [0.1, 0.15) is 27.7 Å². The molecule has 2 amide bonds. The SMILES string of the molecule is CCOC(=O)c1c(NC(=O)C[NH2+]CC(=O)NC)sc(C)c1C. The second-order valence-electron chi connectivity index (χ2n) is 4.63. The van der Waals surface area contributed by atoms with Gasteiger partial charge in [-0.25, -0.2) is 4.79 Å². The van der Waals surface area contributed by atoms with Crippen molar-refractivity contribution in [1.82, 2.24) is 5.32 Å². The summed E-state index contributed by atoms with van der Waals surface area (Å²) in [5.74, 6) is -0.854. The minimum atomic E-state index is -0.436. The van der Waals surface area contributed by atoms with E-state index in [9.17, 15) is 14.4 Å². The van der Waals surface area contributed by atoms with Crippen LogP contribution in [0.5, 0.6) is 0 Å². The Labute approximate surface area is 133 Å². The lowest BCUT2D eigenvalue weighted by molar-refractivity contribution is -0.632. The van der Waals surface area contributed by atoms with Gasteiger partial charge in [0.25, 0.3) is 11.8 Å². The normalized spacial score (nSPS) is 10.2. The van der Waals surface area contributed by atoms with Gasteiger partial charge in [0, 0.05) is 11.9 Å². The quantitative estimate of drug-likeness (QED) is 0.603. The second-order valence-corrected chi connectivity index (χ2v) is 5.85. The zero-order valence-corrected chi connectivity index (χ0v) is 14.1. The molecule has 0 spiro atoms. The van der Waals surface area contributed by atoms with E-state index in [2.05, 4.69) is 10.6 Å². The summed E-state index contributed by atoms with van der Waals surface area (Å²) in [4.78, 5) is 35.9. The van der Waals surface area contributed by atoms with Crippen LogP contribution in [0, 0.1) is 13.8 Å². The van der Waals surface area contributed by atoms with Crippen LogP contribution in [0.4, 0.5) is 5.00 Å². The van der Waals surface area contributed by atoms with Crippen LogP contribution in [0.3, 0.4) is 0 Å². The maximum atomic E-state index is 12.0. The third-order valence-electron chi connectivity index (χ3n) is 3.06. The average Bonchev–Trinajstić information content (AvgIpc) is 2.73. The maximum absolute atomic E-state index is 12.0. The molecule has 1 aromatic heterocycles. The Balaban J connectivity index is 2.72. The van der Waals surface area contributed by atoms with E-state index in [4.69, 9.17) is 4.74 Å². The van der Waals surface area contributed by atoms with Crippen molar-refractivity contribution in [3.05, 3.63) is 16.0 Å². The Bertz CT molecular complexity index is 569. The van der Waals surface area contributed by atoms with Crippen LogP contribution in [0.25, 0.3) is 0 Å². The van der Waals surface area contributed by atoms with Gasteiger partial charge in [-0.2, -0.15) is 0 Å². The molecule has 8 heteroatoms. The van der Waals surface area contributed by atoms with Crippen molar-refractivity contribution in [1.29, 1.82) is 0 Å². The fraction of sp³-hybridized carbons (Fsp3) is 0.500. The van der Waals surface area contributed by atoms with E-state index in [1.807, 2.05) is 13.8 Å². The summed E-state index contributed by atoms with van der Waals surface area (Å²) in [5.41, 5.74) is 1.22. The van der Waals surface area contributed by atoms with Crippen LogP contribution in [0.2, 0.25) is 0 Å². The molecule has 0 bridgehead atoms. The van der Waals surface area contributed by atoms with E-state index >= 15 is 0 Å². The highest BCUT2D eigenvalue weighted by Gasteiger charge is 2.22. The summed E-state index contributed by atoms with van der Waals surface area (Å²) in [5, 5.41) is 7.28.